The number of nitrogens with two attached hydrogens (primary N) is 1. The highest BCUT2D eigenvalue weighted by molar-refractivity contribution is 7.89. The second kappa shape index (κ2) is 10.5. The lowest BCUT2D eigenvalue weighted by atomic mass is 10.1. The number of ether oxygens (including phenoxy) is 1. The number of sulfonamides is 1. The van der Waals surface area contributed by atoms with Crippen molar-refractivity contribution in [1.29, 1.82) is 0 Å². The zero-order chi connectivity index (χ0) is 27.7. The van der Waals surface area contributed by atoms with Crippen molar-refractivity contribution in [3.8, 4) is 17.0 Å². The van der Waals surface area contributed by atoms with E-state index >= 15 is 0 Å². The molecule has 204 valence electrons. The molecule has 2 aromatic heterocycles. The average molecular weight is 555 g/mol. The minimum Gasteiger partial charge on any atom is -0.494 e. The van der Waals surface area contributed by atoms with E-state index in [9.17, 15) is 22.7 Å². The van der Waals surface area contributed by atoms with E-state index in [-0.39, 0.29) is 23.2 Å². The van der Waals surface area contributed by atoms with Crippen LogP contribution in [0.15, 0.2) is 59.6 Å². The number of hydrogen-bond acceptors (Lipinski definition) is 7. The predicted molar refractivity (Wildman–Crippen MR) is 142 cm³/mol. The number of nitrogen functional groups attached to an aromatic ring is 1. The molecular weight excluding hydrogens is 527 g/mol. The van der Waals surface area contributed by atoms with Crippen molar-refractivity contribution in [1.82, 2.24) is 24.4 Å². The average Bonchev–Trinajstić information content (AvgIpc) is 3.33. The first-order chi connectivity index (χ1) is 18.7. The lowest BCUT2D eigenvalue weighted by Gasteiger charge is -2.31. The number of carboxylic acid groups (broad SMARTS) is 1. The number of nitrogens with one attached hydrogen (secondary N) is 1. The van der Waals surface area contributed by atoms with Crippen molar-refractivity contribution in [3.05, 3.63) is 66.1 Å². The van der Waals surface area contributed by atoms with Crippen LogP contribution >= 0.6 is 0 Å². The summed E-state index contributed by atoms with van der Waals surface area (Å²) in [5.74, 6) is -0.502. The SMILES string of the molecule is COc1cc(S(=O)(=O)NCc2ccc(-c3nn([C@@H]4CCCN(C(=O)O)C4)c4ccnc(N)c34)cc2)ccc1F. The van der Waals surface area contributed by atoms with E-state index in [0.29, 0.717) is 35.6 Å². The number of halogens is 1. The molecule has 0 saturated carbocycles. The molecule has 39 heavy (non-hydrogen) atoms. The van der Waals surface area contributed by atoms with Crippen LogP contribution in [0.25, 0.3) is 22.2 Å². The van der Waals surface area contributed by atoms with E-state index < -0.39 is 21.9 Å². The molecular formula is C26H27FN6O5S. The number of amides is 1. The summed E-state index contributed by atoms with van der Waals surface area (Å²) >= 11 is 0. The van der Waals surface area contributed by atoms with Gasteiger partial charge in [-0.25, -0.2) is 27.3 Å². The van der Waals surface area contributed by atoms with Gasteiger partial charge in [0.2, 0.25) is 10.0 Å². The number of likely N-dealkylation sites (tertiary alicyclic amines) is 1. The molecule has 0 spiro atoms. The number of nitrogens with zero attached hydrogens (tertiary/aromatic N) is 4. The normalized spacial score (nSPS) is 15.9. The van der Waals surface area contributed by atoms with Crippen molar-refractivity contribution >= 4 is 32.8 Å². The monoisotopic (exact) mass is 554 g/mol. The van der Waals surface area contributed by atoms with Gasteiger partial charge >= 0.3 is 6.09 Å². The molecule has 2 aromatic carbocycles. The topological polar surface area (TPSA) is 153 Å². The fourth-order valence-corrected chi connectivity index (χ4v) is 5.80. The molecule has 11 nitrogen and oxygen atoms in total. The van der Waals surface area contributed by atoms with Crippen LogP contribution < -0.4 is 15.2 Å². The van der Waals surface area contributed by atoms with Gasteiger partial charge in [0, 0.05) is 37.5 Å². The zero-order valence-corrected chi connectivity index (χ0v) is 21.9. The number of aromatic nitrogens is 3. The molecule has 4 N–H and O–H groups in total. The standard InChI is InChI=1S/C26H27FN6O5S/c1-38-22-13-19(8-9-20(22)27)39(36,37)30-14-16-4-6-17(7-5-16)24-23-21(10-11-29-25(23)28)33(31-24)18-3-2-12-32(15-18)26(34)35/h4-11,13,18,30H,2-3,12,14-15H2,1H3,(H2,28,29)(H,34,35)/t18-/m1/s1. The number of methoxy groups -OCH3 is 1. The minimum absolute atomic E-state index is 0.00822. The Bertz CT molecular complexity index is 1640. The molecule has 0 unspecified atom stereocenters. The summed E-state index contributed by atoms with van der Waals surface area (Å²) in [6.45, 7) is 0.822. The van der Waals surface area contributed by atoms with E-state index in [2.05, 4.69) is 9.71 Å². The molecule has 1 aliphatic heterocycles. The fourth-order valence-electron chi connectivity index (χ4n) is 4.77. The first kappa shape index (κ1) is 26.4. The highest BCUT2D eigenvalue weighted by Gasteiger charge is 2.28. The maximum atomic E-state index is 13.7. The summed E-state index contributed by atoms with van der Waals surface area (Å²) in [7, 11) is -2.64. The van der Waals surface area contributed by atoms with Crippen molar-refractivity contribution in [3.63, 3.8) is 0 Å². The molecule has 0 radical (unpaired) electrons. The highest BCUT2D eigenvalue weighted by Crippen LogP contribution is 2.35. The Morgan fingerprint density at radius 2 is 2.00 bits per heavy atom. The number of piperidine rings is 1. The van der Waals surface area contributed by atoms with E-state index in [1.54, 1.807) is 18.3 Å². The van der Waals surface area contributed by atoms with Crippen LogP contribution in [0.5, 0.6) is 5.75 Å². The zero-order valence-electron chi connectivity index (χ0n) is 21.0. The second-order valence-electron chi connectivity index (χ2n) is 9.23. The van der Waals surface area contributed by atoms with E-state index in [1.165, 1.54) is 18.1 Å². The van der Waals surface area contributed by atoms with Crippen LogP contribution in [0, 0.1) is 5.82 Å². The van der Waals surface area contributed by atoms with Gasteiger partial charge in [0.15, 0.2) is 11.6 Å². The lowest BCUT2D eigenvalue weighted by molar-refractivity contribution is 0.120. The highest BCUT2D eigenvalue weighted by atomic mass is 32.2. The van der Waals surface area contributed by atoms with Gasteiger partial charge in [0.1, 0.15) is 11.5 Å². The summed E-state index contributed by atoms with van der Waals surface area (Å²) in [5.41, 5.74) is 9.06. The smallest absolute Gasteiger partial charge is 0.407 e. The number of carbonyl (C=O) groups is 1. The van der Waals surface area contributed by atoms with Gasteiger partial charge in [-0.3, -0.25) is 4.68 Å². The van der Waals surface area contributed by atoms with Gasteiger partial charge in [-0.15, -0.1) is 0 Å². The summed E-state index contributed by atoms with van der Waals surface area (Å²) in [4.78, 5) is 17.1. The van der Waals surface area contributed by atoms with Crippen LogP contribution in [0.4, 0.5) is 15.0 Å². The van der Waals surface area contributed by atoms with Gasteiger partial charge < -0.3 is 20.5 Å². The summed E-state index contributed by atoms with van der Waals surface area (Å²) < 4.78 is 48.3. The van der Waals surface area contributed by atoms with Crippen LogP contribution in [0.2, 0.25) is 0 Å². The van der Waals surface area contributed by atoms with E-state index in [0.717, 1.165) is 36.1 Å². The van der Waals surface area contributed by atoms with Gasteiger partial charge in [0.25, 0.3) is 0 Å². The first-order valence-corrected chi connectivity index (χ1v) is 13.7. The number of rotatable bonds is 7. The fraction of sp³-hybridized carbons (Fsp3) is 0.269. The third-order valence-electron chi connectivity index (χ3n) is 6.79. The molecule has 4 aromatic rings. The van der Waals surface area contributed by atoms with Gasteiger partial charge in [-0.1, -0.05) is 24.3 Å². The summed E-state index contributed by atoms with van der Waals surface area (Å²) in [6, 6.07) is 12.2. The Balaban J connectivity index is 1.39. The molecule has 1 atom stereocenters. The summed E-state index contributed by atoms with van der Waals surface area (Å²) in [6.07, 6.45) is 2.15. The van der Waals surface area contributed by atoms with Crippen molar-refractivity contribution < 1.29 is 27.4 Å². The quantitative estimate of drug-likeness (QED) is 0.313. The van der Waals surface area contributed by atoms with Crippen LogP contribution in [0.1, 0.15) is 24.4 Å². The Morgan fingerprint density at radius 3 is 2.72 bits per heavy atom. The molecule has 5 rings (SSSR count). The summed E-state index contributed by atoms with van der Waals surface area (Å²) in [5, 5.41) is 15.0. The number of pyridine rings is 1. The molecule has 1 aliphatic rings. The number of fused-ring (bicyclic) bond motifs is 1. The van der Waals surface area contributed by atoms with Gasteiger partial charge in [0.05, 0.1) is 29.0 Å². The Kier molecular flexibility index (Phi) is 7.10. The van der Waals surface area contributed by atoms with Crippen LogP contribution in [-0.4, -0.2) is 59.5 Å². The maximum absolute atomic E-state index is 13.7. The van der Waals surface area contributed by atoms with Crippen molar-refractivity contribution in [2.75, 3.05) is 25.9 Å². The second-order valence-corrected chi connectivity index (χ2v) is 11.0. The largest absolute Gasteiger partial charge is 0.494 e. The molecule has 0 aliphatic carbocycles. The van der Waals surface area contributed by atoms with Crippen LogP contribution in [0.3, 0.4) is 0 Å². The molecule has 1 saturated heterocycles. The third-order valence-corrected chi connectivity index (χ3v) is 8.19. The Morgan fingerprint density at radius 1 is 1.23 bits per heavy atom. The van der Waals surface area contributed by atoms with E-state index in [1.807, 2.05) is 22.9 Å². The molecule has 1 fully saturated rings. The number of anilines is 1. The molecule has 1 amide bonds. The number of benzene rings is 2. The van der Waals surface area contributed by atoms with E-state index in [4.69, 9.17) is 15.6 Å². The van der Waals surface area contributed by atoms with Gasteiger partial charge in [-0.2, -0.15) is 5.10 Å². The van der Waals surface area contributed by atoms with Crippen LogP contribution in [-0.2, 0) is 16.6 Å². The molecule has 13 heteroatoms. The predicted octanol–water partition coefficient (Wildman–Crippen LogP) is 3.62. The minimum atomic E-state index is -3.91. The Hall–Kier alpha value is -4.23. The van der Waals surface area contributed by atoms with Crippen molar-refractivity contribution in [2.45, 2.75) is 30.3 Å². The van der Waals surface area contributed by atoms with Gasteiger partial charge in [-0.05, 0) is 36.6 Å². The lowest BCUT2D eigenvalue weighted by Crippen LogP contribution is -2.40. The Labute approximate surface area is 224 Å². The third kappa shape index (κ3) is 5.22. The first-order valence-electron chi connectivity index (χ1n) is 12.2. The molecule has 3 heterocycles. The maximum Gasteiger partial charge on any atom is 0.407 e. The van der Waals surface area contributed by atoms with Crippen molar-refractivity contribution in [2.24, 2.45) is 0 Å². The number of hydrogen-bond donors (Lipinski definition) is 3. The molecule has 0 bridgehead atoms.